The van der Waals surface area contributed by atoms with Crippen LogP contribution in [0, 0.1) is 0 Å². The topological polar surface area (TPSA) is 37.6 Å². The Morgan fingerprint density at radius 2 is 2.22 bits per heavy atom. The van der Waals surface area contributed by atoms with Gasteiger partial charge in [-0.1, -0.05) is 6.42 Å². The van der Waals surface area contributed by atoms with Gasteiger partial charge in [0.05, 0.1) is 0 Å². The molecule has 18 heavy (non-hydrogen) atoms. The molecule has 2 aliphatic heterocycles. The Balaban J connectivity index is 1.93. The lowest BCUT2D eigenvalue weighted by molar-refractivity contribution is -0.122. The molecule has 0 spiro atoms. The van der Waals surface area contributed by atoms with Gasteiger partial charge in [0.25, 0.3) is 5.91 Å². The first-order valence-electron chi connectivity index (χ1n) is 6.48. The number of hydrogen-bond acceptors (Lipinski definition) is 2. The maximum absolute atomic E-state index is 12.3. The number of carbonyl (C=O) groups is 1. The van der Waals surface area contributed by atoms with Crippen LogP contribution in [0.3, 0.4) is 0 Å². The number of amides is 1. The number of rotatable bonds is 1. The van der Waals surface area contributed by atoms with Crippen LogP contribution in [0.5, 0.6) is 0 Å². The summed E-state index contributed by atoms with van der Waals surface area (Å²) in [4.78, 5) is 18.6. The second-order valence-corrected chi connectivity index (χ2v) is 4.87. The molecule has 0 aliphatic carbocycles. The Hall–Kier alpha value is -1.84. The molecule has 3 heterocycles. The van der Waals surface area contributed by atoms with Crippen molar-refractivity contribution < 1.29 is 4.79 Å². The zero-order valence-electron chi connectivity index (χ0n) is 10.6. The van der Waals surface area contributed by atoms with Crippen molar-refractivity contribution in [2.75, 3.05) is 6.54 Å². The average Bonchev–Trinajstić information content (AvgIpc) is 2.78. The van der Waals surface area contributed by atoms with Crippen molar-refractivity contribution in [3.05, 3.63) is 29.7 Å². The lowest BCUT2D eigenvalue weighted by Crippen LogP contribution is -2.31. The van der Waals surface area contributed by atoms with E-state index < -0.39 is 0 Å². The third kappa shape index (κ3) is 1.88. The van der Waals surface area contributed by atoms with Crippen LogP contribution in [0.4, 0.5) is 0 Å². The summed E-state index contributed by atoms with van der Waals surface area (Å²) in [7, 11) is 1.97. The molecule has 0 atom stereocenters. The van der Waals surface area contributed by atoms with Crippen LogP contribution in [-0.4, -0.2) is 27.8 Å². The Morgan fingerprint density at radius 1 is 1.33 bits per heavy atom. The molecular formula is C14H17N3O. The van der Waals surface area contributed by atoms with E-state index in [0.29, 0.717) is 5.70 Å². The highest BCUT2D eigenvalue weighted by atomic mass is 16.2. The predicted molar refractivity (Wildman–Crippen MR) is 71.0 cm³/mol. The number of amidine groups is 1. The fraction of sp³-hybridized carbons (Fsp3) is 0.429. The molecule has 0 bridgehead atoms. The molecule has 1 saturated heterocycles. The fourth-order valence-corrected chi connectivity index (χ4v) is 2.51. The number of aromatic nitrogens is 1. The van der Waals surface area contributed by atoms with E-state index in [0.717, 1.165) is 37.3 Å². The number of aliphatic imine (C=N–C) groups is 1. The van der Waals surface area contributed by atoms with E-state index in [-0.39, 0.29) is 5.91 Å². The van der Waals surface area contributed by atoms with Crippen LogP contribution in [0.1, 0.15) is 31.4 Å². The van der Waals surface area contributed by atoms with Crippen molar-refractivity contribution in [1.82, 2.24) is 9.47 Å². The monoisotopic (exact) mass is 243 g/mol. The van der Waals surface area contributed by atoms with Gasteiger partial charge in [0.15, 0.2) is 0 Å². The first-order chi connectivity index (χ1) is 8.75. The van der Waals surface area contributed by atoms with Crippen LogP contribution < -0.4 is 0 Å². The minimum absolute atomic E-state index is 0.0631. The lowest BCUT2D eigenvalue weighted by atomic mass is 10.2. The molecule has 4 heteroatoms. The van der Waals surface area contributed by atoms with E-state index in [4.69, 9.17) is 0 Å². The van der Waals surface area contributed by atoms with Crippen molar-refractivity contribution in [3.8, 4) is 0 Å². The van der Waals surface area contributed by atoms with E-state index in [2.05, 4.69) is 4.99 Å². The number of carbonyl (C=O) groups excluding carboxylic acids is 1. The van der Waals surface area contributed by atoms with Crippen LogP contribution in [-0.2, 0) is 11.8 Å². The molecule has 1 amide bonds. The molecule has 0 saturated carbocycles. The van der Waals surface area contributed by atoms with E-state index >= 15 is 0 Å². The van der Waals surface area contributed by atoms with Gasteiger partial charge in [-0.05, 0) is 31.1 Å². The van der Waals surface area contributed by atoms with Crippen molar-refractivity contribution in [1.29, 1.82) is 0 Å². The van der Waals surface area contributed by atoms with Crippen LogP contribution >= 0.6 is 0 Å². The Bertz CT molecular complexity index is 539. The summed E-state index contributed by atoms with van der Waals surface area (Å²) >= 11 is 0. The summed E-state index contributed by atoms with van der Waals surface area (Å²) < 4.78 is 1.99. The van der Waals surface area contributed by atoms with Crippen molar-refractivity contribution >= 4 is 17.8 Å². The smallest absolute Gasteiger partial charge is 0.277 e. The molecule has 0 N–H and O–H groups in total. The third-order valence-electron chi connectivity index (χ3n) is 3.58. The maximum Gasteiger partial charge on any atom is 0.277 e. The Morgan fingerprint density at radius 3 is 3.00 bits per heavy atom. The van der Waals surface area contributed by atoms with E-state index in [1.54, 1.807) is 0 Å². The van der Waals surface area contributed by atoms with Crippen molar-refractivity contribution in [2.24, 2.45) is 12.0 Å². The highest BCUT2D eigenvalue weighted by Crippen LogP contribution is 2.23. The van der Waals surface area contributed by atoms with Crippen molar-refractivity contribution in [2.45, 2.75) is 25.7 Å². The van der Waals surface area contributed by atoms with Gasteiger partial charge in [-0.2, -0.15) is 0 Å². The Labute approximate surface area is 107 Å². The molecule has 0 unspecified atom stereocenters. The van der Waals surface area contributed by atoms with Crippen LogP contribution in [0.2, 0.25) is 0 Å². The van der Waals surface area contributed by atoms with Gasteiger partial charge in [-0.25, -0.2) is 4.99 Å². The van der Waals surface area contributed by atoms with E-state index in [1.165, 1.54) is 6.42 Å². The highest BCUT2D eigenvalue weighted by Gasteiger charge is 2.30. The standard InChI is InChI=1S/C14H17N3O/c1-16-8-5-6-11(16)10-12-14(18)17-9-4-2-3-7-13(17)15-12/h5-6,8,10H,2-4,7,9H2,1H3/b12-10-. The van der Waals surface area contributed by atoms with Gasteiger partial charge in [-0.3, -0.25) is 9.69 Å². The molecule has 1 aromatic heterocycles. The lowest BCUT2D eigenvalue weighted by Gasteiger charge is -2.14. The van der Waals surface area contributed by atoms with E-state index in [1.807, 2.05) is 40.9 Å². The van der Waals surface area contributed by atoms with Gasteiger partial charge in [-0.15, -0.1) is 0 Å². The van der Waals surface area contributed by atoms with E-state index in [9.17, 15) is 4.79 Å². The molecule has 0 radical (unpaired) electrons. The fourth-order valence-electron chi connectivity index (χ4n) is 2.51. The number of hydrogen-bond donors (Lipinski definition) is 0. The van der Waals surface area contributed by atoms with Gasteiger partial charge < -0.3 is 4.57 Å². The number of aryl methyl sites for hydroxylation is 1. The van der Waals surface area contributed by atoms with Crippen LogP contribution in [0.15, 0.2) is 29.0 Å². The number of fused-ring (bicyclic) bond motifs is 1. The summed E-state index contributed by atoms with van der Waals surface area (Å²) in [5, 5.41) is 0. The zero-order valence-corrected chi connectivity index (χ0v) is 10.6. The summed E-state index contributed by atoms with van der Waals surface area (Å²) in [6, 6.07) is 3.96. The molecule has 94 valence electrons. The summed E-state index contributed by atoms with van der Waals surface area (Å²) in [5.41, 5.74) is 1.59. The molecule has 4 nitrogen and oxygen atoms in total. The largest absolute Gasteiger partial charge is 0.351 e. The minimum atomic E-state index is 0.0631. The van der Waals surface area contributed by atoms with Gasteiger partial charge in [0.1, 0.15) is 11.5 Å². The summed E-state index contributed by atoms with van der Waals surface area (Å²) in [6.07, 6.45) is 8.19. The van der Waals surface area contributed by atoms with Crippen molar-refractivity contribution in [3.63, 3.8) is 0 Å². The summed E-state index contributed by atoms with van der Waals surface area (Å²) in [5.74, 6) is 1.02. The second-order valence-electron chi connectivity index (χ2n) is 4.87. The van der Waals surface area contributed by atoms with Gasteiger partial charge >= 0.3 is 0 Å². The SMILES string of the molecule is Cn1cccc1/C=C1\N=C2CCCCCN2C1=O. The molecule has 1 aromatic rings. The molecule has 0 aromatic carbocycles. The predicted octanol–water partition coefficient (Wildman–Crippen LogP) is 2.18. The molecule has 1 fully saturated rings. The quantitative estimate of drug-likeness (QED) is 0.697. The second kappa shape index (κ2) is 4.44. The normalized spacial score (nSPS) is 22.1. The zero-order chi connectivity index (χ0) is 12.5. The number of nitrogens with zero attached hydrogens (tertiary/aromatic N) is 3. The highest BCUT2D eigenvalue weighted by molar-refractivity contribution is 6.14. The molecule has 3 rings (SSSR count). The minimum Gasteiger partial charge on any atom is -0.351 e. The summed E-state index contributed by atoms with van der Waals surface area (Å²) in [6.45, 7) is 0.822. The maximum atomic E-state index is 12.3. The first kappa shape index (κ1) is 11.3. The Kier molecular flexibility index (Phi) is 2.78. The first-order valence-corrected chi connectivity index (χ1v) is 6.48. The van der Waals surface area contributed by atoms with Gasteiger partial charge in [0.2, 0.25) is 0 Å². The average molecular weight is 243 g/mol. The third-order valence-corrected chi connectivity index (χ3v) is 3.58. The van der Waals surface area contributed by atoms with Crippen LogP contribution in [0.25, 0.3) is 6.08 Å². The molecular weight excluding hydrogens is 226 g/mol. The van der Waals surface area contributed by atoms with Gasteiger partial charge in [0, 0.05) is 31.9 Å². The molecule has 2 aliphatic rings.